The molecule has 0 heterocycles. The SMILES string of the molecule is C.C.N#CO.N#CO.c1ccccc1.c1ccccc1. The van der Waals surface area contributed by atoms with E-state index in [4.69, 9.17) is 20.7 Å². The van der Waals surface area contributed by atoms with Gasteiger partial charge in [-0.2, -0.15) is 10.5 Å². The summed E-state index contributed by atoms with van der Waals surface area (Å²) < 4.78 is 0. The molecule has 4 heteroatoms. The van der Waals surface area contributed by atoms with Gasteiger partial charge in [-0.25, -0.2) is 0 Å². The topological polar surface area (TPSA) is 88.0 Å². The van der Waals surface area contributed by atoms with Crippen molar-refractivity contribution in [3.8, 4) is 12.5 Å². The lowest BCUT2D eigenvalue weighted by molar-refractivity contribution is 0.502. The fourth-order valence-electron chi connectivity index (χ4n) is 0.770. The van der Waals surface area contributed by atoms with Gasteiger partial charge in [-0.1, -0.05) is 87.6 Å². The standard InChI is InChI=1S/2C6H6.2CHNO.2CH4/c2*1-2-4-6-5-3-1;2*2-1-3;;/h2*1-6H;2*3H;2*1H4. The minimum absolute atomic E-state index is 0. The quantitative estimate of drug-likeness (QED) is 0.700. The van der Waals surface area contributed by atoms with Crippen molar-refractivity contribution in [2.45, 2.75) is 14.9 Å². The summed E-state index contributed by atoms with van der Waals surface area (Å²) in [5, 5.41) is 27.5. The zero-order valence-corrected chi connectivity index (χ0v) is 9.72. The van der Waals surface area contributed by atoms with Gasteiger partial charge in [0.25, 0.3) is 12.5 Å². The number of benzene rings is 2. The fourth-order valence-corrected chi connectivity index (χ4v) is 0.770. The molecule has 0 atom stereocenters. The molecule has 2 aromatic carbocycles. The molecule has 0 radical (unpaired) electrons. The van der Waals surface area contributed by atoms with Crippen molar-refractivity contribution in [1.82, 2.24) is 0 Å². The molecule has 0 spiro atoms. The van der Waals surface area contributed by atoms with Gasteiger partial charge < -0.3 is 10.2 Å². The minimum Gasteiger partial charge on any atom is -0.443 e. The lowest BCUT2D eigenvalue weighted by atomic mass is 10.4. The lowest BCUT2D eigenvalue weighted by Crippen LogP contribution is -1.47. The summed E-state index contributed by atoms with van der Waals surface area (Å²) in [4.78, 5) is 0. The Labute approximate surface area is 121 Å². The second kappa shape index (κ2) is 29.8. The molecule has 2 N–H and O–H groups in total. The van der Waals surface area contributed by atoms with Crippen molar-refractivity contribution in [3.05, 3.63) is 72.8 Å². The third-order valence-corrected chi connectivity index (χ3v) is 1.33. The summed E-state index contributed by atoms with van der Waals surface area (Å²) >= 11 is 0. The zero-order valence-electron chi connectivity index (χ0n) is 9.72. The average molecular weight is 274 g/mol. The minimum atomic E-state index is 0. The molecule has 0 aliphatic heterocycles. The van der Waals surface area contributed by atoms with E-state index in [0.29, 0.717) is 0 Å². The van der Waals surface area contributed by atoms with Gasteiger partial charge in [-0.05, 0) is 0 Å². The number of aliphatic hydroxyl groups is 2. The van der Waals surface area contributed by atoms with Crippen LogP contribution in [0.3, 0.4) is 0 Å². The Hall–Kier alpha value is -2.98. The van der Waals surface area contributed by atoms with Crippen LogP contribution in [0.1, 0.15) is 14.9 Å². The first-order valence-corrected chi connectivity index (χ1v) is 4.89. The smallest absolute Gasteiger partial charge is 0.283 e. The van der Waals surface area contributed by atoms with E-state index in [1.165, 1.54) is 0 Å². The first kappa shape index (κ1) is 25.8. The van der Waals surface area contributed by atoms with Crippen LogP contribution in [0.4, 0.5) is 0 Å². The van der Waals surface area contributed by atoms with Crippen LogP contribution in [0.25, 0.3) is 0 Å². The van der Waals surface area contributed by atoms with Crippen molar-refractivity contribution in [1.29, 1.82) is 10.5 Å². The number of hydrogen-bond acceptors (Lipinski definition) is 4. The van der Waals surface area contributed by atoms with E-state index >= 15 is 0 Å². The monoisotopic (exact) mass is 274 g/mol. The molecular weight excluding hydrogens is 252 g/mol. The van der Waals surface area contributed by atoms with E-state index in [1.54, 1.807) is 0 Å². The summed E-state index contributed by atoms with van der Waals surface area (Å²) in [6.45, 7) is 0. The highest BCUT2D eigenvalue weighted by molar-refractivity contribution is 4.99. The Balaban J connectivity index is -0.0000000874. The molecule has 0 fully saturated rings. The van der Waals surface area contributed by atoms with Gasteiger partial charge in [0.15, 0.2) is 0 Å². The Morgan fingerprint density at radius 1 is 0.450 bits per heavy atom. The maximum atomic E-state index is 6.88. The molecule has 0 unspecified atom stereocenters. The Morgan fingerprint density at radius 3 is 0.550 bits per heavy atom. The summed E-state index contributed by atoms with van der Waals surface area (Å²) in [6.07, 6.45) is 1.50. The number of nitriles is 2. The second-order valence-electron chi connectivity index (χ2n) is 2.51. The lowest BCUT2D eigenvalue weighted by Gasteiger charge is -1.69. The number of nitrogens with zero attached hydrogens (tertiary/aromatic N) is 2. The van der Waals surface area contributed by atoms with E-state index in [1.807, 2.05) is 72.8 Å². The third-order valence-electron chi connectivity index (χ3n) is 1.33. The van der Waals surface area contributed by atoms with Crippen LogP contribution in [-0.2, 0) is 0 Å². The van der Waals surface area contributed by atoms with Gasteiger partial charge in [0.05, 0.1) is 0 Å². The van der Waals surface area contributed by atoms with Crippen molar-refractivity contribution >= 4 is 0 Å². The molecule has 0 aliphatic rings. The second-order valence-corrected chi connectivity index (χ2v) is 2.51. The molecule has 0 saturated heterocycles. The average Bonchev–Trinajstić information content (AvgIpc) is 2.45. The van der Waals surface area contributed by atoms with E-state index < -0.39 is 0 Å². The van der Waals surface area contributed by atoms with E-state index in [0.717, 1.165) is 12.5 Å². The largest absolute Gasteiger partial charge is 0.443 e. The van der Waals surface area contributed by atoms with E-state index in [2.05, 4.69) is 0 Å². The number of rotatable bonds is 0. The molecule has 0 bridgehead atoms. The molecule has 0 saturated carbocycles. The third kappa shape index (κ3) is 36.3. The van der Waals surface area contributed by atoms with E-state index in [9.17, 15) is 0 Å². The van der Waals surface area contributed by atoms with Crippen molar-refractivity contribution in [2.75, 3.05) is 0 Å². The molecule has 0 aromatic heterocycles. The van der Waals surface area contributed by atoms with Gasteiger partial charge in [-0.3, -0.25) is 0 Å². The number of hydrogen-bond donors (Lipinski definition) is 2. The maximum absolute atomic E-state index is 6.88. The zero-order chi connectivity index (χ0) is 13.9. The van der Waals surface area contributed by atoms with Crippen LogP contribution in [0, 0.1) is 23.0 Å². The molecule has 2 rings (SSSR count). The first-order chi connectivity index (χ1) is 8.83. The van der Waals surface area contributed by atoms with Gasteiger partial charge >= 0.3 is 0 Å². The van der Waals surface area contributed by atoms with E-state index in [-0.39, 0.29) is 14.9 Å². The Bertz CT molecular complexity index is 323. The van der Waals surface area contributed by atoms with Crippen molar-refractivity contribution in [3.63, 3.8) is 0 Å². The molecule has 0 aliphatic carbocycles. The summed E-state index contributed by atoms with van der Waals surface area (Å²) in [5.74, 6) is 0. The van der Waals surface area contributed by atoms with Gasteiger partial charge in [0, 0.05) is 0 Å². The van der Waals surface area contributed by atoms with Gasteiger partial charge in [-0.15, -0.1) is 0 Å². The highest BCUT2D eigenvalue weighted by Crippen LogP contribution is 1.80. The highest BCUT2D eigenvalue weighted by atomic mass is 16.2. The normalized spacial score (nSPS) is 5.50. The van der Waals surface area contributed by atoms with Gasteiger partial charge in [0.2, 0.25) is 0 Å². The van der Waals surface area contributed by atoms with Crippen LogP contribution >= 0.6 is 0 Å². The van der Waals surface area contributed by atoms with Crippen LogP contribution < -0.4 is 0 Å². The van der Waals surface area contributed by atoms with Crippen LogP contribution in [0.2, 0.25) is 0 Å². The molecular formula is C16H22N2O2. The Morgan fingerprint density at radius 2 is 0.500 bits per heavy atom. The summed E-state index contributed by atoms with van der Waals surface area (Å²) in [6, 6.07) is 24.0. The fraction of sp³-hybridized carbons (Fsp3) is 0.125. The molecule has 2 aromatic rings. The van der Waals surface area contributed by atoms with Crippen LogP contribution in [0.15, 0.2) is 72.8 Å². The molecule has 108 valence electrons. The summed E-state index contributed by atoms with van der Waals surface area (Å²) in [5.41, 5.74) is 0. The number of aliphatic hydroxyl groups excluding tert-OH is 2. The molecule has 0 amide bonds. The Kier molecular flexibility index (Phi) is 38.3. The first-order valence-electron chi connectivity index (χ1n) is 4.89. The van der Waals surface area contributed by atoms with Gasteiger partial charge in [0.1, 0.15) is 0 Å². The molecule has 20 heavy (non-hydrogen) atoms. The predicted octanol–water partition coefficient (Wildman–Crippen LogP) is 4.33. The molecule has 4 nitrogen and oxygen atoms in total. The van der Waals surface area contributed by atoms with Crippen LogP contribution in [0.5, 0.6) is 0 Å². The predicted molar refractivity (Wildman–Crippen MR) is 81.4 cm³/mol. The highest BCUT2D eigenvalue weighted by Gasteiger charge is 1.58. The summed E-state index contributed by atoms with van der Waals surface area (Å²) in [7, 11) is 0. The van der Waals surface area contributed by atoms with Crippen molar-refractivity contribution < 1.29 is 10.2 Å². The maximum Gasteiger partial charge on any atom is 0.283 e. The van der Waals surface area contributed by atoms with Crippen LogP contribution in [-0.4, -0.2) is 10.2 Å². The van der Waals surface area contributed by atoms with Crippen molar-refractivity contribution in [2.24, 2.45) is 0 Å².